The minimum Gasteiger partial charge on any atom is -0.391 e. The SMILES string of the molecule is CC(C)(C)C(O)CNCc1cnn(-c2ccc(F)cc2)c1. The average Bonchev–Trinajstić information content (AvgIpc) is 2.87. The van der Waals surface area contributed by atoms with E-state index in [1.807, 2.05) is 27.0 Å². The van der Waals surface area contributed by atoms with Gasteiger partial charge in [-0.05, 0) is 29.7 Å². The topological polar surface area (TPSA) is 50.1 Å². The molecule has 2 aromatic rings. The largest absolute Gasteiger partial charge is 0.391 e. The zero-order valence-corrected chi connectivity index (χ0v) is 12.7. The maximum atomic E-state index is 12.9. The number of hydrogen-bond acceptors (Lipinski definition) is 3. The molecule has 0 bridgehead atoms. The van der Waals surface area contributed by atoms with Gasteiger partial charge in [0.2, 0.25) is 0 Å². The average molecular weight is 291 g/mol. The maximum Gasteiger partial charge on any atom is 0.123 e. The van der Waals surface area contributed by atoms with Crippen molar-refractivity contribution in [3.8, 4) is 5.69 Å². The molecule has 21 heavy (non-hydrogen) atoms. The van der Waals surface area contributed by atoms with Crippen LogP contribution in [-0.4, -0.2) is 27.5 Å². The van der Waals surface area contributed by atoms with Crippen molar-refractivity contribution in [1.29, 1.82) is 0 Å². The van der Waals surface area contributed by atoms with Gasteiger partial charge in [0.1, 0.15) is 5.82 Å². The van der Waals surface area contributed by atoms with Gasteiger partial charge in [-0.1, -0.05) is 20.8 Å². The highest BCUT2D eigenvalue weighted by Crippen LogP contribution is 2.18. The quantitative estimate of drug-likeness (QED) is 0.890. The molecule has 0 amide bonds. The van der Waals surface area contributed by atoms with Crippen LogP contribution in [0.5, 0.6) is 0 Å². The van der Waals surface area contributed by atoms with Crippen molar-refractivity contribution < 1.29 is 9.50 Å². The fraction of sp³-hybridized carbons (Fsp3) is 0.438. The van der Waals surface area contributed by atoms with E-state index in [1.165, 1.54) is 12.1 Å². The predicted octanol–water partition coefficient (Wildman–Crippen LogP) is 2.51. The molecule has 4 nitrogen and oxygen atoms in total. The number of halogens is 1. The normalized spacial score (nSPS) is 13.4. The second-order valence-electron chi connectivity index (χ2n) is 6.28. The first-order valence-corrected chi connectivity index (χ1v) is 7.04. The molecule has 0 aliphatic heterocycles. The molecule has 0 aliphatic rings. The van der Waals surface area contributed by atoms with Gasteiger partial charge >= 0.3 is 0 Å². The molecular weight excluding hydrogens is 269 g/mol. The first-order chi connectivity index (χ1) is 9.86. The number of aliphatic hydroxyl groups is 1. The van der Waals surface area contributed by atoms with Gasteiger partial charge in [0, 0.05) is 24.8 Å². The molecule has 0 saturated heterocycles. The molecule has 114 valence electrons. The Morgan fingerprint density at radius 2 is 1.95 bits per heavy atom. The van der Waals surface area contributed by atoms with Crippen LogP contribution in [0.1, 0.15) is 26.3 Å². The molecule has 0 radical (unpaired) electrons. The second kappa shape index (κ2) is 6.37. The minimum atomic E-state index is -0.398. The lowest BCUT2D eigenvalue weighted by Crippen LogP contribution is -2.36. The van der Waals surface area contributed by atoms with Crippen LogP contribution in [0.25, 0.3) is 5.69 Å². The highest BCUT2D eigenvalue weighted by molar-refractivity contribution is 5.31. The molecule has 0 fully saturated rings. The summed E-state index contributed by atoms with van der Waals surface area (Å²) in [7, 11) is 0. The number of benzene rings is 1. The summed E-state index contributed by atoms with van der Waals surface area (Å²) in [6.45, 7) is 7.18. The molecule has 1 aromatic carbocycles. The predicted molar refractivity (Wildman–Crippen MR) is 80.7 cm³/mol. The van der Waals surface area contributed by atoms with Gasteiger partial charge in [-0.3, -0.25) is 0 Å². The second-order valence-corrected chi connectivity index (χ2v) is 6.28. The van der Waals surface area contributed by atoms with Crippen LogP contribution in [0.4, 0.5) is 4.39 Å². The molecule has 0 saturated carbocycles. The molecule has 1 unspecified atom stereocenters. The zero-order chi connectivity index (χ0) is 15.5. The van der Waals surface area contributed by atoms with E-state index in [0.29, 0.717) is 13.1 Å². The first kappa shape index (κ1) is 15.7. The minimum absolute atomic E-state index is 0.134. The summed E-state index contributed by atoms with van der Waals surface area (Å²) in [5, 5.41) is 17.4. The van der Waals surface area contributed by atoms with Crippen molar-refractivity contribution in [2.75, 3.05) is 6.54 Å². The third kappa shape index (κ3) is 4.37. The molecule has 1 aromatic heterocycles. The Morgan fingerprint density at radius 1 is 1.29 bits per heavy atom. The summed E-state index contributed by atoms with van der Waals surface area (Å²) < 4.78 is 14.6. The molecule has 0 aliphatic carbocycles. The molecular formula is C16H22FN3O. The van der Waals surface area contributed by atoms with E-state index >= 15 is 0 Å². The van der Waals surface area contributed by atoms with E-state index in [4.69, 9.17) is 0 Å². The third-order valence-electron chi connectivity index (χ3n) is 3.39. The lowest BCUT2D eigenvalue weighted by Gasteiger charge is -2.25. The van der Waals surface area contributed by atoms with Gasteiger partial charge in [0.15, 0.2) is 0 Å². The number of aromatic nitrogens is 2. The van der Waals surface area contributed by atoms with Crippen molar-refractivity contribution in [2.24, 2.45) is 5.41 Å². The van der Waals surface area contributed by atoms with Gasteiger partial charge < -0.3 is 10.4 Å². The standard InChI is InChI=1S/C16H22FN3O/c1-16(2,3)15(21)10-18-8-12-9-19-20(11-12)14-6-4-13(17)5-7-14/h4-7,9,11,15,18,21H,8,10H2,1-3H3. The summed E-state index contributed by atoms with van der Waals surface area (Å²) in [5.41, 5.74) is 1.70. The van der Waals surface area contributed by atoms with E-state index < -0.39 is 6.10 Å². The molecule has 0 spiro atoms. The Balaban J connectivity index is 1.90. The Labute approximate surface area is 124 Å². The summed E-state index contributed by atoms with van der Waals surface area (Å²) in [5.74, 6) is -0.260. The lowest BCUT2D eigenvalue weighted by atomic mass is 9.89. The van der Waals surface area contributed by atoms with Crippen LogP contribution < -0.4 is 5.32 Å². The summed E-state index contributed by atoms with van der Waals surface area (Å²) in [6.07, 6.45) is 3.26. The fourth-order valence-electron chi connectivity index (χ4n) is 1.85. The summed E-state index contributed by atoms with van der Waals surface area (Å²) in [4.78, 5) is 0. The monoisotopic (exact) mass is 291 g/mol. The van der Waals surface area contributed by atoms with E-state index in [2.05, 4.69) is 10.4 Å². The highest BCUT2D eigenvalue weighted by atomic mass is 19.1. The third-order valence-corrected chi connectivity index (χ3v) is 3.39. The van der Waals surface area contributed by atoms with E-state index in [-0.39, 0.29) is 11.2 Å². The van der Waals surface area contributed by atoms with Gasteiger partial charge in [-0.2, -0.15) is 5.10 Å². The van der Waals surface area contributed by atoms with Crippen molar-refractivity contribution in [3.63, 3.8) is 0 Å². The fourth-order valence-corrected chi connectivity index (χ4v) is 1.85. The summed E-state index contributed by atoms with van der Waals surface area (Å²) >= 11 is 0. The van der Waals surface area contributed by atoms with Gasteiger partial charge in [-0.15, -0.1) is 0 Å². The highest BCUT2D eigenvalue weighted by Gasteiger charge is 2.21. The van der Waals surface area contributed by atoms with Crippen LogP contribution >= 0.6 is 0 Å². The van der Waals surface area contributed by atoms with E-state index in [0.717, 1.165) is 11.3 Å². The summed E-state index contributed by atoms with van der Waals surface area (Å²) in [6, 6.07) is 6.19. The van der Waals surface area contributed by atoms with Crippen LogP contribution in [0.15, 0.2) is 36.7 Å². The van der Waals surface area contributed by atoms with E-state index in [9.17, 15) is 9.50 Å². The number of nitrogens with one attached hydrogen (secondary N) is 1. The number of hydrogen-bond donors (Lipinski definition) is 2. The van der Waals surface area contributed by atoms with Crippen molar-refractivity contribution in [3.05, 3.63) is 48.0 Å². The molecule has 2 N–H and O–H groups in total. The zero-order valence-electron chi connectivity index (χ0n) is 12.7. The van der Waals surface area contributed by atoms with Crippen LogP contribution in [-0.2, 0) is 6.54 Å². The number of aliphatic hydroxyl groups excluding tert-OH is 1. The van der Waals surface area contributed by atoms with Gasteiger partial charge in [-0.25, -0.2) is 9.07 Å². The number of rotatable bonds is 5. The molecule has 1 atom stereocenters. The van der Waals surface area contributed by atoms with Crippen molar-refractivity contribution in [2.45, 2.75) is 33.4 Å². The lowest BCUT2D eigenvalue weighted by molar-refractivity contribution is 0.0627. The maximum absolute atomic E-state index is 12.9. The molecule has 1 heterocycles. The Hall–Kier alpha value is -1.72. The van der Waals surface area contributed by atoms with E-state index in [1.54, 1.807) is 23.0 Å². The van der Waals surface area contributed by atoms with Gasteiger partial charge in [0.25, 0.3) is 0 Å². The molecule has 5 heteroatoms. The Bertz CT molecular complexity index is 572. The first-order valence-electron chi connectivity index (χ1n) is 7.04. The van der Waals surface area contributed by atoms with Gasteiger partial charge in [0.05, 0.1) is 18.0 Å². The van der Waals surface area contributed by atoms with Crippen molar-refractivity contribution in [1.82, 2.24) is 15.1 Å². The van der Waals surface area contributed by atoms with Crippen molar-refractivity contribution >= 4 is 0 Å². The smallest absolute Gasteiger partial charge is 0.123 e. The Kier molecular flexibility index (Phi) is 4.75. The Morgan fingerprint density at radius 3 is 2.57 bits per heavy atom. The number of nitrogens with zero attached hydrogens (tertiary/aromatic N) is 2. The molecule has 2 rings (SSSR count). The van der Waals surface area contributed by atoms with Crippen LogP contribution in [0.3, 0.4) is 0 Å². The van der Waals surface area contributed by atoms with Crippen LogP contribution in [0.2, 0.25) is 0 Å². The van der Waals surface area contributed by atoms with Crippen LogP contribution in [0, 0.1) is 11.2 Å².